The van der Waals surface area contributed by atoms with E-state index in [1.165, 1.54) is 11.3 Å². The minimum absolute atomic E-state index is 0.000715. The fourth-order valence-electron chi connectivity index (χ4n) is 2.05. The van der Waals surface area contributed by atoms with E-state index in [1.807, 2.05) is 24.3 Å². The smallest absolute Gasteiger partial charge is 0.307 e. The first kappa shape index (κ1) is 12.7. The summed E-state index contributed by atoms with van der Waals surface area (Å²) in [5.74, 6) is 1.18. The fraction of sp³-hybridized carbons (Fsp3) is 0.143. The standard InChI is InChI=1S/C14H13N3O2S/c1-19-11-3-2-9-6-10(13(15)16-12(9)7-11)8-17-4-5-20-14(17)18/h2-7H,8H2,1H3,(H2,15,16). The lowest BCUT2D eigenvalue weighted by atomic mass is 10.1. The average molecular weight is 287 g/mol. The molecule has 0 saturated heterocycles. The van der Waals surface area contributed by atoms with E-state index in [0.29, 0.717) is 12.4 Å². The van der Waals surface area contributed by atoms with Crippen LogP contribution in [0.5, 0.6) is 5.75 Å². The molecule has 0 fully saturated rings. The molecule has 6 heteroatoms. The van der Waals surface area contributed by atoms with Crippen LogP contribution >= 0.6 is 11.3 Å². The lowest BCUT2D eigenvalue weighted by Gasteiger charge is -2.08. The van der Waals surface area contributed by atoms with E-state index in [1.54, 1.807) is 23.3 Å². The number of anilines is 1. The SMILES string of the molecule is COc1ccc2cc(Cn3ccsc3=O)c(N)nc2c1. The second-order valence-electron chi connectivity index (χ2n) is 4.39. The summed E-state index contributed by atoms with van der Waals surface area (Å²) in [6, 6.07) is 7.61. The number of thiazole rings is 1. The molecule has 0 atom stereocenters. The summed E-state index contributed by atoms with van der Waals surface area (Å²) in [5.41, 5.74) is 7.60. The minimum Gasteiger partial charge on any atom is -0.497 e. The van der Waals surface area contributed by atoms with Gasteiger partial charge in [-0.2, -0.15) is 0 Å². The van der Waals surface area contributed by atoms with Gasteiger partial charge >= 0.3 is 4.87 Å². The van der Waals surface area contributed by atoms with Gasteiger partial charge in [-0.05, 0) is 18.2 Å². The van der Waals surface area contributed by atoms with Crippen LogP contribution in [0.15, 0.2) is 40.6 Å². The molecule has 0 bridgehead atoms. The third-order valence-corrected chi connectivity index (χ3v) is 3.82. The molecule has 1 aromatic carbocycles. The van der Waals surface area contributed by atoms with Gasteiger partial charge in [-0.25, -0.2) is 4.98 Å². The number of nitrogen functional groups attached to an aromatic ring is 1. The van der Waals surface area contributed by atoms with E-state index < -0.39 is 0 Å². The van der Waals surface area contributed by atoms with Crippen molar-refractivity contribution in [3.63, 3.8) is 0 Å². The lowest BCUT2D eigenvalue weighted by Crippen LogP contribution is -2.14. The summed E-state index contributed by atoms with van der Waals surface area (Å²) in [5, 5.41) is 2.73. The van der Waals surface area contributed by atoms with Crippen LogP contribution < -0.4 is 15.3 Å². The van der Waals surface area contributed by atoms with Crippen LogP contribution in [0.3, 0.4) is 0 Å². The first-order valence-electron chi connectivity index (χ1n) is 6.04. The van der Waals surface area contributed by atoms with E-state index in [2.05, 4.69) is 4.98 Å². The maximum absolute atomic E-state index is 11.6. The number of pyridine rings is 1. The molecular weight excluding hydrogens is 274 g/mol. The fourth-order valence-corrected chi connectivity index (χ4v) is 2.64. The molecule has 2 N–H and O–H groups in total. The molecule has 0 aliphatic carbocycles. The predicted molar refractivity (Wildman–Crippen MR) is 80.4 cm³/mol. The van der Waals surface area contributed by atoms with Crippen LogP contribution in [0, 0.1) is 0 Å². The predicted octanol–water partition coefficient (Wildman–Crippen LogP) is 2.10. The highest BCUT2D eigenvalue weighted by Gasteiger charge is 2.07. The van der Waals surface area contributed by atoms with E-state index in [0.717, 1.165) is 22.2 Å². The van der Waals surface area contributed by atoms with Crippen LogP contribution in [-0.2, 0) is 6.54 Å². The van der Waals surface area contributed by atoms with Gasteiger partial charge in [-0.1, -0.05) is 11.3 Å². The Morgan fingerprint density at radius 1 is 1.40 bits per heavy atom. The van der Waals surface area contributed by atoms with Gasteiger partial charge in [0.1, 0.15) is 11.6 Å². The quantitative estimate of drug-likeness (QED) is 0.801. The Morgan fingerprint density at radius 3 is 2.95 bits per heavy atom. The van der Waals surface area contributed by atoms with E-state index in [-0.39, 0.29) is 4.87 Å². The Bertz CT molecular complexity index is 823. The molecule has 0 aliphatic rings. The summed E-state index contributed by atoms with van der Waals surface area (Å²) in [6.45, 7) is 0.434. The lowest BCUT2D eigenvalue weighted by molar-refractivity contribution is 0.415. The number of ether oxygens (including phenoxy) is 1. The third-order valence-electron chi connectivity index (χ3n) is 3.12. The van der Waals surface area contributed by atoms with Crippen molar-refractivity contribution < 1.29 is 4.74 Å². The number of nitrogens with two attached hydrogens (primary N) is 1. The van der Waals surface area contributed by atoms with Crippen LogP contribution in [0.2, 0.25) is 0 Å². The van der Waals surface area contributed by atoms with Gasteiger partial charge in [0.15, 0.2) is 0 Å². The number of rotatable bonds is 3. The first-order valence-corrected chi connectivity index (χ1v) is 6.92. The van der Waals surface area contributed by atoms with E-state index >= 15 is 0 Å². The Hall–Kier alpha value is -2.34. The topological polar surface area (TPSA) is 70.1 Å². The molecule has 2 aromatic heterocycles. The molecular formula is C14H13N3O2S. The van der Waals surface area contributed by atoms with E-state index in [4.69, 9.17) is 10.5 Å². The third kappa shape index (κ3) is 2.25. The van der Waals surface area contributed by atoms with Crippen molar-refractivity contribution in [2.75, 3.05) is 12.8 Å². The van der Waals surface area contributed by atoms with Crippen molar-refractivity contribution in [3.05, 3.63) is 51.1 Å². The molecule has 0 unspecified atom stereocenters. The normalized spacial score (nSPS) is 10.8. The maximum Gasteiger partial charge on any atom is 0.307 e. The molecule has 102 valence electrons. The summed E-state index contributed by atoms with van der Waals surface area (Å²) in [4.78, 5) is 16.0. The highest BCUT2D eigenvalue weighted by Crippen LogP contribution is 2.23. The molecule has 0 radical (unpaired) electrons. The molecule has 0 aliphatic heterocycles. The Labute approximate surface area is 119 Å². The molecule has 0 saturated carbocycles. The van der Waals surface area contributed by atoms with Gasteiger partial charge in [-0.3, -0.25) is 4.79 Å². The highest BCUT2D eigenvalue weighted by molar-refractivity contribution is 7.07. The van der Waals surface area contributed by atoms with Crippen molar-refractivity contribution in [3.8, 4) is 5.75 Å². The van der Waals surface area contributed by atoms with Gasteiger partial charge in [0.05, 0.1) is 19.2 Å². The molecule has 2 heterocycles. The number of benzene rings is 1. The Morgan fingerprint density at radius 2 is 2.25 bits per heavy atom. The minimum atomic E-state index is -0.000715. The van der Waals surface area contributed by atoms with Crippen LogP contribution in [-0.4, -0.2) is 16.7 Å². The van der Waals surface area contributed by atoms with Crippen molar-refractivity contribution >= 4 is 28.1 Å². The van der Waals surface area contributed by atoms with Crippen molar-refractivity contribution in [2.24, 2.45) is 0 Å². The van der Waals surface area contributed by atoms with Gasteiger partial charge in [0, 0.05) is 28.6 Å². The van der Waals surface area contributed by atoms with Gasteiger partial charge < -0.3 is 15.0 Å². The zero-order valence-electron chi connectivity index (χ0n) is 10.9. The van der Waals surface area contributed by atoms with Gasteiger partial charge in [-0.15, -0.1) is 0 Å². The number of methoxy groups -OCH3 is 1. The number of hydrogen-bond donors (Lipinski definition) is 1. The first-order chi connectivity index (χ1) is 9.67. The average Bonchev–Trinajstić information content (AvgIpc) is 2.84. The number of nitrogens with zero attached hydrogens (tertiary/aromatic N) is 2. The summed E-state index contributed by atoms with van der Waals surface area (Å²) in [6.07, 6.45) is 1.75. The summed E-state index contributed by atoms with van der Waals surface area (Å²) >= 11 is 1.17. The van der Waals surface area contributed by atoms with Crippen molar-refractivity contribution in [1.82, 2.24) is 9.55 Å². The van der Waals surface area contributed by atoms with Crippen LogP contribution in [0.4, 0.5) is 5.82 Å². The molecule has 20 heavy (non-hydrogen) atoms. The van der Waals surface area contributed by atoms with Crippen LogP contribution in [0.1, 0.15) is 5.56 Å². The van der Waals surface area contributed by atoms with Crippen molar-refractivity contribution in [2.45, 2.75) is 6.54 Å². The van der Waals surface area contributed by atoms with Crippen molar-refractivity contribution in [1.29, 1.82) is 0 Å². The zero-order valence-corrected chi connectivity index (χ0v) is 11.7. The molecule has 0 spiro atoms. The molecule has 0 amide bonds. The number of aromatic nitrogens is 2. The maximum atomic E-state index is 11.6. The molecule has 3 aromatic rings. The van der Waals surface area contributed by atoms with Gasteiger partial charge in [0.2, 0.25) is 0 Å². The monoisotopic (exact) mass is 287 g/mol. The second kappa shape index (κ2) is 4.97. The second-order valence-corrected chi connectivity index (χ2v) is 5.25. The van der Waals surface area contributed by atoms with E-state index in [9.17, 15) is 4.79 Å². The zero-order chi connectivity index (χ0) is 14.1. The number of hydrogen-bond acceptors (Lipinski definition) is 5. The Balaban J connectivity index is 2.06. The summed E-state index contributed by atoms with van der Waals surface area (Å²) in [7, 11) is 1.61. The largest absolute Gasteiger partial charge is 0.497 e. The highest BCUT2D eigenvalue weighted by atomic mass is 32.1. The molecule has 3 rings (SSSR count). The number of fused-ring (bicyclic) bond motifs is 1. The Kier molecular flexibility index (Phi) is 3.15. The van der Waals surface area contributed by atoms with Gasteiger partial charge in [0.25, 0.3) is 0 Å². The summed E-state index contributed by atoms with van der Waals surface area (Å²) < 4.78 is 6.79. The van der Waals surface area contributed by atoms with Crippen LogP contribution in [0.25, 0.3) is 10.9 Å². The molecule has 5 nitrogen and oxygen atoms in total.